The molecule has 0 aliphatic carbocycles. The zero-order chi connectivity index (χ0) is 9.46. The third-order valence-electron chi connectivity index (χ3n) is 2.24. The topological polar surface area (TPSA) is 40.5 Å². The molecule has 0 saturated carbocycles. The second kappa shape index (κ2) is 2.87. The Morgan fingerprint density at radius 1 is 0.833 bits per heavy atom. The number of phenols is 2. The summed E-state index contributed by atoms with van der Waals surface area (Å²) < 4.78 is 0. The van der Waals surface area contributed by atoms with E-state index in [4.69, 9.17) is 11.6 Å². The molecule has 66 valence electrons. The van der Waals surface area contributed by atoms with Crippen LogP contribution in [0.5, 0.6) is 11.5 Å². The first-order chi connectivity index (χ1) is 5.46. The predicted octanol–water partition coefficient (Wildman–Crippen LogP) is 2.68. The summed E-state index contributed by atoms with van der Waals surface area (Å²) in [4.78, 5) is 0. The third kappa shape index (κ3) is 1.12. The van der Waals surface area contributed by atoms with Gasteiger partial charge in [-0.1, -0.05) is 11.6 Å². The lowest BCUT2D eigenvalue weighted by atomic mass is 10.0. The van der Waals surface area contributed by atoms with Gasteiger partial charge in [0.1, 0.15) is 0 Å². The van der Waals surface area contributed by atoms with Gasteiger partial charge in [-0.2, -0.15) is 0 Å². The molecule has 0 heterocycles. The normalized spacial score (nSPS) is 10.3. The van der Waals surface area contributed by atoms with Crippen LogP contribution in [0.1, 0.15) is 16.7 Å². The van der Waals surface area contributed by atoms with E-state index in [9.17, 15) is 10.2 Å². The Labute approximate surface area is 76.4 Å². The van der Waals surface area contributed by atoms with E-state index in [1.807, 2.05) is 13.8 Å². The molecule has 12 heavy (non-hydrogen) atoms. The minimum Gasteiger partial charge on any atom is -0.504 e. The number of hydrogen-bond acceptors (Lipinski definition) is 2. The molecule has 0 aromatic heterocycles. The Hall–Kier alpha value is -0.890. The molecule has 0 amide bonds. The maximum absolute atomic E-state index is 9.36. The Morgan fingerprint density at radius 2 is 1.33 bits per heavy atom. The average Bonchev–Trinajstić information content (AvgIpc) is 2.08. The van der Waals surface area contributed by atoms with Gasteiger partial charge < -0.3 is 10.2 Å². The van der Waals surface area contributed by atoms with Gasteiger partial charge in [-0.3, -0.25) is 0 Å². The molecule has 0 spiro atoms. The monoisotopic (exact) mass is 186 g/mol. The summed E-state index contributed by atoms with van der Waals surface area (Å²) in [7, 11) is 0. The number of aromatic hydroxyl groups is 2. The lowest BCUT2D eigenvalue weighted by Crippen LogP contribution is -1.89. The van der Waals surface area contributed by atoms with E-state index < -0.39 is 0 Å². The van der Waals surface area contributed by atoms with Crippen LogP contribution in [0.15, 0.2) is 0 Å². The van der Waals surface area contributed by atoms with E-state index in [1.54, 1.807) is 6.92 Å². The summed E-state index contributed by atoms with van der Waals surface area (Å²) in [6, 6.07) is 0. The highest BCUT2D eigenvalue weighted by Gasteiger charge is 2.14. The Bertz CT molecular complexity index is 227. The highest BCUT2D eigenvalue weighted by molar-refractivity contribution is 6.33. The van der Waals surface area contributed by atoms with Crippen molar-refractivity contribution in [1.82, 2.24) is 0 Å². The Kier molecular flexibility index (Phi) is 2.20. The van der Waals surface area contributed by atoms with Crippen molar-refractivity contribution in [2.45, 2.75) is 20.8 Å². The number of hydrogen-bond donors (Lipinski definition) is 2. The van der Waals surface area contributed by atoms with Crippen molar-refractivity contribution < 1.29 is 10.2 Å². The molecule has 0 bridgehead atoms. The molecule has 0 aliphatic heterocycles. The Morgan fingerprint density at radius 3 is 1.83 bits per heavy atom. The first-order valence-electron chi connectivity index (χ1n) is 3.64. The smallest absolute Gasteiger partial charge is 0.177 e. The molecule has 3 heteroatoms. The molecule has 0 atom stereocenters. The molecule has 2 N–H and O–H groups in total. The van der Waals surface area contributed by atoms with Gasteiger partial charge >= 0.3 is 0 Å². The van der Waals surface area contributed by atoms with Crippen LogP contribution in [0.4, 0.5) is 0 Å². The third-order valence-corrected chi connectivity index (χ3v) is 2.70. The largest absolute Gasteiger partial charge is 0.504 e. The fraction of sp³-hybridized carbons (Fsp3) is 0.333. The van der Waals surface area contributed by atoms with Gasteiger partial charge in [0.15, 0.2) is 11.5 Å². The van der Waals surface area contributed by atoms with Crippen LogP contribution in [0.2, 0.25) is 5.02 Å². The number of halogens is 1. The van der Waals surface area contributed by atoms with Crippen LogP contribution in [-0.4, -0.2) is 10.2 Å². The van der Waals surface area contributed by atoms with Crippen molar-refractivity contribution in [1.29, 1.82) is 0 Å². The molecule has 0 aliphatic rings. The van der Waals surface area contributed by atoms with Gasteiger partial charge in [-0.15, -0.1) is 0 Å². The molecule has 0 fully saturated rings. The molecule has 1 aromatic rings. The second-order valence-electron chi connectivity index (χ2n) is 2.89. The summed E-state index contributed by atoms with van der Waals surface area (Å²) in [6.07, 6.45) is 0. The van der Waals surface area contributed by atoms with Crippen molar-refractivity contribution in [3.05, 3.63) is 21.7 Å². The standard InChI is InChI=1S/C9H11ClO2/c1-4-5(2)7(10)9(12)8(11)6(4)3/h11-12H,1-3H3. The van der Waals surface area contributed by atoms with Crippen LogP contribution in [0, 0.1) is 20.8 Å². The van der Waals surface area contributed by atoms with E-state index >= 15 is 0 Å². The van der Waals surface area contributed by atoms with Crippen LogP contribution in [0.3, 0.4) is 0 Å². The van der Waals surface area contributed by atoms with Crippen LogP contribution >= 0.6 is 11.6 Å². The zero-order valence-electron chi connectivity index (χ0n) is 7.27. The number of rotatable bonds is 0. The van der Waals surface area contributed by atoms with E-state index in [0.717, 1.165) is 11.1 Å². The number of phenolic OH excluding ortho intramolecular Hbond substituents is 2. The molecule has 1 rings (SSSR count). The number of benzene rings is 1. The maximum atomic E-state index is 9.36. The van der Waals surface area contributed by atoms with Crippen molar-refractivity contribution in [3.8, 4) is 11.5 Å². The van der Waals surface area contributed by atoms with Crippen molar-refractivity contribution in [3.63, 3.8) is 0 Å². The molecular formula is C9H11ClO2. The summed E-state index contributed by atoms with van der Waals surface area (Å²) in [5.41, 5.74) is 2.40. The van der Waals surface area contributed by atoms with Gasteiger partial charge in [-0.25, -0.2) is 0 Å². The minimum atomic E-state index is -0.225. The summed E-state index contributed by atoms with van der Waals surface area (Å²) >= 11 is 5.75. The second-order valence-corrected chi connectivity index (χ2v) is 3.26. The van der Waals surface area contributed by atoms with Gasteiger partial charge in [-0.05, 0) is 37.5 Å². The van der Waals surface area contributed by atoms with Gasteiger partial charge in [0.25, 0.3) is 0 Å². The van der Waals surface area contributed by atoms with Crippen LogP contribution in [0.25, 0.3) is 0 Å². The van der Waals surface area contributed by atoms with Crippen molar-refractivity contribution in [2.75, 3.05) is 0 Å². The first-order valence-corrected chi connectivity index (χ1v) is 4.01. The quantitative estimate of drug-likeness (QED) is 0.612. The van der Waals surface area contributed by atoms with Crippen LogP contribution < -0.4 is 0 Å². The van der Waals surface area contributed by atoms with E-state index in [0.29, 0.717) is 5.56 Å². The molecule has 0 saturated heterocycles. The van der Waals surface area contributed by atoms with Gasteiger partial charge in [0.2, 0.25) is 0 Å². The molecule has 0 radical (unpaired) electrons. The molecule has 1 aromatic carbocycles. The van der Waals surface area contributed by atoms with Crippen molar-refractivity contribution in [2.24, 2.45) is 0 Å². The summed E-state index contributed by atoms with van der Waals surface area (Å²) in [5.74, 6) is -0.347. The first kappa shape index (κ1) is 9.20. The van der Waals surface area contributed by atoms with Crippen LogP contribution in [-0.2, 0) is 0 Å². The Balaban J connectivity index is 3.60. The summed E-state index contributed by atoms with van der Waals surface area (Å²) in [5, 5.41) is 18.9. The lowest BCUT2D eigenvalue weighted by Gasteiger charge is -2.10. The summed E-state index contributed by atoms with van der Waals surface area (Å²) in [6.45, 7) is 5.41. The zero-order valence-corrected chi connectivity index (χ0v) is 8.03. The highest BCUT2D eigenvalue weighted by Crippen LogP contribution is 2.40. The molecular weight excluding hydrogens is 176 g/mol. The van der Waals surface area contributed by atoms with Gasteiger partial charge in [0, 0.05) is 0 Å². The minimum absolute atomic E-state index is 0.122. The molecule has 2 nitrogen and oxygen atoms in total. The fourth-order valence-electron chi connectivity index (χ4n) is 1.08. The van der Waals surface area contributed by atoms with E-state index in [2.05, 4.69) is 0 Å². The highest BCUT2D eigenvalue weighted by atomic mass is 35.5. The van der Waals surface area contributed by atoms with E-state index in [1.165, 1.54) is 0 Å². The van der Waals surface area contributed by atoms with E-state index in [-0.39, 0.29) is 16.5 Å². The SMILES string of the molecule is Cc1c(C)c(O)c(O)c(Cl)c1C. The average molecular weight is 187 g/mol. The van der Waals surface area contributed by atoms with Gasteiger partial charge in [0.05, 0.1) is 5.02 Å². The maximum Gasteiger partial charge on any atom is 0.177 e. The lowest BCUT2D eigenvalue weighted by molar-refractivity contribution is 0.400. The fourth-order valence-corrected chi connectivity index (χ4v) is 1.31. The van der Waals surface area contributed by atoms with Crippen molar-refractivity contribution >= 4 is 11.6 Å². The predicted molar refractivity (Wildman–Crippen MR) is 49.0 cm³/mol. The molecule has 0 unspecified atom stereocenters.